The van der Waals surface area contributed by atoms with E-state index in [9.17, 15) is 19.2 Å². The van der Waals surface area contributed by atoms with Crippen molar-refractivity contribution in [3.05, 3.63) is 124 Å². The van der Waals surface area contributed by atoms with Crippen LogP contribution >= 0.6 is 0 Å². The number of nitrogens with two attached hydrogens (primary N) is 1. The van der Waals surface area contributed by atoms with Crippen molar-refractivity contribution in [3.8, 4) is 11.1 Å². The van der Waals surface area contributed by atoms with Gasteiger partial charge in [0.1, 0.15) is 17.5 Å². The van der Waals surface area contributed by atoms with Crippen molar-refractivity contribution in [1.82, 2.24) is 43.7 Å². The molecule has 14 heteroatoms. The van der Waals surface area contributed by atoms with Gasteiger partial charge in [-0.2, -0.15) is 0 Å². The van der Waals surface area contributed by atoms with Gasteiger partial charge in [-0.05, 0) is 155 Å². The maximum Gasteiger partial charge on any atom is 0.329 e. The van der Waals surface area contributed by atoms with Crippen LogP contribution in [0.1, 0.15) is 116 Å². The second kappa shape index (κ2) is 19.5. The number of allylic oxidation sites excluding steroid dienone is 2. The third kappa shape index (κ3) is 9.53. The Kier molecular flexibility index (Phi) is 12.9. The number of pyridine rings is 2. The van der Waals surface area contributed by atoms with Crippen LogP contribution < -0.4 is 16.7 Å². The standard InChI is InChI=1S/C56H66N10O4/c1-36(49-31-46-45(19-22-58-54(46)61(49)2)44-14-17-52(57)59-32-44)64-23-20-42(21-24-64)41-10-12-43(13-11-41)51(67)30-37-3-5-38(6-4-37)33-62-25-27-63(28-26-62)34-40-9-15-47-50(29-40)65(35-39-7-8-39)56(70)66(47)48-16-18-53(68)60-55(48)69/h9-15,17,19,22,29-32,36,38-39,42,48H,3-8,16,18,20-21,23-28,33-35H2,1-2H3,(H2,57,59)(H,60,68,69)/t36-,38?,48?/m0/s1. The highest BCUT2D eigenvalue weighted by atomic mass is 16.2. The summed E-state index contributed by atoms with van der Waals surface area (Å²) in [6, 6.07) is 22.5. The predicted molar refractivity (Wildman–Crippen MR) is 273 cm³/mol. The number of nitrogens with zero attached hydrogens (tertiary/aromatic N) is 8. The van der Waals surface area contributed by atoms with Crippen LogP contribution in [-0.2, 0) is 29.7 Å². The minimum atomic E-state index is -0.667. The molecule has 70 heavy (non-hydrogen) atoms. The zero-order chi connectivity index (χ0) is 48.0. The summed E-state index contributed by atoms with van der Waals surface area (Å²) in [6.07, 6.45) is 14.8. The van der Waals surface area contributed by atoms with E-state index < -0.39 is 6.04 Å². The Morgan fingerprint density at radius 1 is 0.786 bits per heavy atom. The molecule has 3 N–H and O–H groups in total. The van der Waals surface area contributed by atoms with Crippen LogP contribution in [0.15, 0.2) is 95.6 Å². The molecule has 2 atom stereocenters. The van der Waals surface area contributed by atoms with Crippen molar-refractivity contribution >= 4 is 45.5 Å². The fourth-order valence-electron chi connectivity index (χ4n) is 12.0. The molecule has 0 radical (unpaired) electrons. The smallest absolute Gasteiger partial charge is 0.329 e. The summed E-state index contributed by atoms with van der Waals surface area (Å²) >= 11 is 0. The van der Waals surface area contributed by atoms with Crippen molar-refractivity contribution in [1.29, 1.82) is 0 Å². The molecule has 7 heterocycles. The molecule has 2 amide bonds. The molecule has 3 aliphatic heterocycles. The number of fused-ring (bicyclic) bond motifs is 2. The van der Waals surface area contributed by atoms with E-state index in [1.54, 1.807) is 4.57 Å². The summed E-state index contributed by atoms with van der Waals surface area (Å²) < 4.78 is 5.72. The molecule has 2 aliphatic carbocycles. The number of anilines is 1. The van der Waals surface area contributed by atoms with Crippen LogP contribution in [0.2, 0.25) is 0 Å². The number of rotatable bonds is 13. The lowest BCUT2D eigenvalue weighted by Crippen LogP contribution is -2.47. The van der Waals surface area contributed by atoms with Crippen LogP contribution in [-0.4, -0.2) is 102 Å². The molecule has 4 aromatic heterocycles. The van der Waals surface area contributed by atoms with Gasteiger partial charge in [0.05, 0.1) is 11.0 Å². The lowest BCUT2D eigenvalue weighted by Gasteiger charge is -2.37. The first-order chi connectivity index (χ1) is 34.0. The summed E-state index contributed by atoms with van der Waals surface area (Å²) in [5.41, 5.74) is 16.3. The number of carbonyl (C=O) groups excluding carboxylic acids is 3. The lowest BCUT2D eigenvalue weighted by atomic mass is 9.84. The number of nitrogens with one attached hydrogen (secondary N) is 1. The van der Waals surface area contributed by atoms with E-state index in [4.69, 9.17) is 10.7 Å². The van der Waals surface area contributed by atoms with Gasteiger partial charge in [-0.3, -0.25) is 38.6 Å². The van der Waals surface area contributed by atoms with Gasteiger partial charge in [-0.1, -0.05) is 35.9 Å². The largest absolute Gasteiger partial charge is 0.384 e. The van der Waals surface area contributed by atoms with Crippen LogP contribution in [0.5, 0.6) is 0 Å². The summed E-state index contributed by atoms with van der Waals surface area (Å²) in [7, 11) is 2.12. The molecule has 1 unspecified atom stereocenters. The van der Waals surface area contributed by atoms with Gasteiger partial charge in [0, 0.05) is 99.9 Å². The Morgan fingerprint density at radius 3 is 2.24 bits per heavy atom. The highest BCUT2D eigenvalue weighted by Gasteiger charge is 2.34. The average molecular weight is 943 g/mol. The van der Waals surface area contributed by atoms with Crippen LogP contribution in [0.3, 0.4) is 0 Å². The van der Waals surface area contributed by atoms with Gasteiger partial charge in [0.15, 0.2) is 5.78 Å². The topological polar surface area (TPSA) is 157 Å². The number of carbonyl (C=O) groups is 3. The van der Waals surface area contributed by atoms with Gasteiger partial charge in [0.25, 0.3) is 0 Å². The summed E-state index contributed by atoms with van der Waals surface area (Å²) in [5, 5.41) is 3.56. The van der Waals surface area contributed by atoms with Gasteiger partial charge in [0.2, 0.25) is 11.8 Å². The number of hydrogen-bond donors (Lipinski definition) is 2. The third-order valence-corrected chi connectivity index (χ3v) is 16.4. The SMILES string of the molecule is C[C@@H](c1cc2c(-c3ccc(N)nc3)ccnc2n1C)N1CCC(c2ccc(C(=O)C=C3CCC(CN4CCN(Cc5ccc6c(c5)n(CC5CC5)c(=O)n6C5CCC(=O)NC5=O)CC4)CC3)cc2)CC1. The minimum absolute atomic E-state index is 0.122. The van der Waals surface area contributed by atoms with E-state index >= 15 is 0 Å². The fraction of sp³-hybridized carbons (Fsp3) is 0.464. The number of likely N-dealkylation sites (tertiary alicyclic amines) is 1. The third-order valence-electron chi connectivity index (χ3n) is 16.4. The highest BCUT2D eigenvalue weighted by molar-refractivity contribution is 6.05. The first kappa shape index (κ1) is 46.2. The van der Waals surface area contributed by atoms with Crippen molar-refractivity contribution in [2.45, 2.75) is 102 Å². The summed E-state index contributed by atoms with van der Waals surface area (Å²) in [5.74, 6) is 1.59. The lowest BCUT2D eigenvalue weighted by molar-refractivity contribution is -0.135. The van der Waals surface area contributed by atoms with Crippen molar-refractivity contribution in [2.75, 3.05) is 51.5 Å². The molecule has 11 rings (SSSR count). The molecule has 3 saturated heterocycles. The Hall–Kier alpha value is -6.22. The van der Waals surface area contributed by atoms with E-state index in [-0.39, 0.29) is 35.8 Å². The average Bonchev–Trinajstić information content (AvgIpc) is 4.09. The number of ketones is 1. The number of amides is 2. The maximum absolute atomic E-state index is 13.8. The Morgan fingerprint density at radius 2 is 1.53 bits per heavy atom. The van der Waals surface area contributed by atoms with Crippen molar-refractivity contribution < 1.29 is 14.4 Å². The molecule has 2 aromatic carbocycles. The minimum Gasteiger partial charge on any atom is -0.384 e. The normalized spacial score (nSPS) is 21.7. The van der Waals surface area contributed by atoms with Crippen LogP contribution in [0, 0.1) is 11.8 Å². The van der Waals surface area contributed by atoms with Crippen LogP contribution in [0.25, 0.3) is 33.2 Å². The molecule has 5 aliphatic rings. The highest BCUT2D eigenvalue weighted by Crippen LogP contribution is 2.37. The summed E-state index contributed by atoms with van der Waals surface area (Å²) in [6.45, 7) is 11.0. The second-order valence-corrected chi connectivity index (χ2v) is 21.0. The fourth-order valence-corrected chi connectivity index (χ4v) is 12.0. The number of benzene rings is 2. The number of aryl methyl sites for hydroxylation is 1. The summed E-state index contributed by atoms with van der Waals surface area (Å²) in [4.78, 5) is 68.8. The zero-order valence-corrected chi connectivity index (χ0v) is 40.7. The Balaban J connectivity index is 0.635. The first-order valence-corrected chi connectivity index (χ1v) is 25.8. The molecular formula is C56H66N10O4. The number of piperazine rings is 1. The number of nitrogen functional groups attached to an aromatic ring is 1. The molecule has 14 nitrogen and oxygen atoms in total. The van der Waals surface area contributed by atoms with Gasteiger partial charge in [-0.25, -0.2) is 14.8 Å². The second-order valence-electron chi connectivity index (χ2n) is 21.0. The molecule has 5 fully saturated rings. The zero-order valence-electron chi connectivity index (χ0n) is 40.7. The van der Waals surface area contributed by atoms with E-state index in [1.165, 1.54) is 22.4 Å². The van der Waals surface area contributed by atoms with E-state index in [0.717, 1.165) is 142 Å². The van der Waals surface area contributed by atoms with Crippen molar-refractivity contribution in [3.63, 3.8) is 0 Å². The Labute approximate surface area is 409 Å². The molecule has 364 valence electrons. The molecular weight excluding hydrogens is 877 g/mol. The first-order valence-electron chi connectivity index (χ1n) is 25.8. The van der Waals surface area contributed by atoms with E-state index in [1.807, 2.05) is 53.4 Å². The van der Waals surface area contributed by atoms with E-state index in [2.05, 4.69) is 79.9 Å². The number of imide groups is 1. The maximum atomic E-state index is 13.8. The van der Waals surface area contributed by atoms with Gasteiger partial charge < -0.3 is 15.2 Å². The number of imidazole rings is 1. The molecule has 0 spiro atoms. The van der Waals surface area contributed by atoms with E-state index in [0.29, 0.717) is 36.5 Å². The quantitative estimate of drug-likeness (QED) is 0.0666. The monoisotopic (exact) mass is 943 g/mol. The number of hydrogen-bond acceptors (Lipinski definition) is 10. The predicted octanol–water partition coefficient (Wildman–Crippen LogP) is 7.78. The number of aromatic nitrogens is 5. The number of piperidine rings is 2. The Bertz CT molecular complexity index is 3010. The molecule has 2 saturated carbocycles. The molecule has 0 bridgehead atoms. The van der Waals surface area contributed by atoms with Crippen molar-refractivity contribution in [2.24, 2.45) is 18.9 Å². The van der Waals surface area contributed by atoms with Gasteiger partial charge in [-0.15, -0.1) is 0 Å². The van der Waals surface area contributed by atoms with Crippen LogP contribution in [0.4, 0.5) is 5.82 Å². The van der Waals surface area contributed by atoms with Gasteiger partial charge >= 0.3 is 5.69 Å². The molecule has 6 aromatic rings.